The summed E-state index contributed by atoms with van der Waals surface area (Å²) < 4.78 is 11.0. The van der Waals surface area contributed by atoms with Crippen LogP contribution in [0.4, 0.5) is 0 Å². The summed E-state index contributed by atoms with van der Waals surface area (Å²) in [7, 11) is 0. The molecule has 1 aromatic rings. The zero-order valence-electron chi connectivity index (χ0n) is 13.6. The normalized spacial score (nSPS) is 23.6. The number of amides is 1. The highest BCUT2D eigenvalue weighted by atomic mass is 16.5. The highest BCUT2D eigenvalue weighted by Crippen LogP contribution is 2.29. The first-order valence-corrected chi connectivity index (χ1v) is 8.08. The van der Waals surface area contributed by atoms with Gasteiger partial charge in [-0.05, 0) is 44.9 Å². The molecule has 1 aliphatic carbocycles. The van der Waals surface area contributed by atoms with Crippen LogP contribution >= 0.6 is 0 Å². The maximum Gasteiger partial charge on any atom is 0.251 e. The van der Waals surface area contributed by atoms with Crippen molar-refractivity contribution in [3.05, 3.63) is 23.8 Å². The topological polar surface area (TPSA) is 88.0 Å². The highest BCUT2D eigenvalue weighted by Gasteiger charge is 2.33. The molecule has 2 rings (SSSR count). The SMILES string of the molecule is CCOc1ccc(C(=O)N[C@@H]2C[C@H](CO)[C@H](O)C2)cc1OCC. The average molecular weight is 323 g/mol. The smallest absolute Gasteiger partial charge is 0.251 e. The fourth-order valence-corrected chi connectivity index (χ4v) is 2.88. The van der Waals surface area contributed by atoms with Crippen molar-refractivity contribution in [1.29, 1.82) is 0 Å². The van der Waals surface area contributed by atoms with Gasteiger partial charge in [0.15, 0.2) is 11.5 Å². The molecule has 0 saturated heterocycles. The van der Waals surface area contributed by atoms with Gasteiger partial charge in [-0.15, -0.1) is 0 Å². The Hall–Kier alpha value is -1.79. The number of rotatable bonds is 7. The van der Waals surface area contributed by atoms with E-state index in [4.69, 9.17) is 9.47 Å². The molecule has 0 bridgehead atoms. The van der Waals surface area contributed by atoms with Crippen molar-refractivity contribution < 1.29 is 24.5 Å². The second kappa shape index (κ2) is 8.17. The minimum absolute atomic E-state index is 0.0644. The van der Waals surface area contributed by atoms with E-state index in [1.165, 1.54) is 0 Å². The lowest BCUT2D eigenvalue weighted by atomic mass is 10.1. The third-order valence-electron chi connectivity index (χ3n) is 4.03. The van der Waals surface area contributed by atoms with E-state index in [2.05, 4.69) is 5.32 Å². The molecule has 6 nitrogen and oxygen atoms in total. The molecule has 1 amide bonds. The van der Waals surface area contributed by atoms with E-state index < -0.39 is 6.10 Å². The van der Waals surface area contributed by atoms with Crippen LogP contribution < -0.4 is 14.8 Å². The molecule has 0 spiro atoms. The quantitative estimate of drug-likeness (QED) is 0.705. The second-order valence-electron chi connectivity index (χ2n) is 5.68. The molecule has 1 aromatic carbocycles. The lowest BCUT2D eigenvalue weighted by Crippen LogP contribution is -2.33. The predicted molar refractivity (Wildman–Crippen MR) is 85.9 cm³/mol. The first-order valence-electron chi connectivity index (χ1n) is 8.08. The molecule has 0 unspecified atom stereocenters. The van der Waals surface area contributed by atoms with Gasteiger partial charge in [0.05, 0.1) is 19.3 Å². The van der Waals surface area contributed by atoms with E-state index in [1.54, 1.807) is 18.2 Å². The Kier molecular flexibility index (Phi) is 6.24. The Morgan fingerprint density at radius 2 is 1.91 bits per heavy atom. The second-order valence-corrected chi connectivity index (χ2v) is 5.68. The molecule has 0 radical (unpaired) electrons. The number of hydrogen-bond donors (Lipinski definition) is 3. The summed E-state index contributed by atoms with van der Waals surface area (Å²) >= 11 is 0. The van der Waals surface area contributed by atoms with E-state index in [9.17, 15) is 15.0 Å². The summed E-state index contributed by atoms with van der Waals surface area (Å²) in [4.78, 5) is 12.4. The number of carbonyl (C=O) groups is 1. The van der Waals surface area contributed by atoms with Gasteiger partial charge in [0.1, 0.15) is 0 Å². The van der Waals surface area contributed by atoms with Crippen molar-refractivity contribution in [2.45, 2.75) is 38.8 Å². The zero-order chi connectivity index (χ0) is 16.8. The molecule has 23 heavy (non-hydrogen) atoms. The number of hydrogen-bond acceptors (Lipinski definition) is 5. The van der Waals surface area contributed by atoms with Crippen LogP contribution in [0.25, 0.3) is 0 Å². The highest BCUT2D eigenvalue weighted by molar-refractivity contribution is 5.95. The number of nitrogens with one attached hydrogen (secondary N) is 1. The van der Waals surface area contributed by atoms with E-state index in [1.807, 2.05) is 13.8 Å². The first-order chi connectivity index (χ1) is 11.1. The number of benzene rings is 1. The Morgan fingerprint density at radius 3 is 2.52 bits per heavy atom. The van der Waals surface area contributed by atoms with Gasteiger partial charge in [-0.1, -0.05) is 0 Å². The first kappa shape index (κ1) is 17.6. The molecular formula is C17H25NO5. The van der Waals surface area contributed by atoms with Gasteiger partial charge in [-0.25, -0.2) is 0 Å². The lowest BCUT2D eigenvalue weighted by molar-refractivity contribution is 0.0903. The maximum absolute atomic E-state index is 12.4. The molecular weight excluding hydrogens is 298 g/mol. The zero-order valence-corrected chi connectivity index (χ0v) is 13.6. The van der Waals surface area contributed by atoms with Crippen molar-refractivity contribution >= 4 is 5.91 Å². The van der Waals surface area contributed by atoms with Gasteiger partial charge in [0.2, 0.25) is 0 Å². The third kappa shape index (κ3) is 4.36. The molecule has 3 atom stereocenters. The van der Waals surface area contributed by atoms with Crippen LogP contribution in [0.5, 0.6) is 11.5 Å². The monoisotopic (exact) mass is 323 g/mol. The van der Waals surface area contributed by atoms with Gasteiger partial charge >= 0.3 is 0 Å². The Morgan fingerprint density at radius 1 is 1.22 bits per heavy atom. The van der Waals surface area contributed by atoms with Gasteiger partial charge in [-0.3, -0.25) is 4.79 Å². The van der Waals surface area contributed by atoms with Crippen molar-refractivity contribution in [1.82, 2.24) is 5.32 Å². The molecule has 3 N–H and O–H groups in total. The van der Waals surface area contributed by atoms with Crippen LogP contribution in [0, 0.1) is 5.92 Å². The van der Waals surface area contributed by atoms with Gasteiger partial charge in [-0.2, -0.15) is 0 Å². The van der Waals surface area contributed by atoms with Crippen molar-refractivity contribution in [3.8, 4) is 11.5 Å². The Labute approximate surface area is 136 Å². The third-order valence-corrected chi connectivity index (χ3v) is 4.03. The summed E-state index contributed by atoms with van der Waals surface area (Å²) in [6.45, 7) is 4.70. The van der Waals surface area contributed by atoms with Crippen molar-refractivity contribution in [3.63, 3.8) is 0 Å². The Bertz CT molecular complexity index is 534. The van der Waals surface area contributed by atoms with E-state index in [0.29, 0.717) is 43.1 Å². The fraction of sp³-hybridized carbons (Fsp3) is 0.588. The van der Waals surface area contributed by atoms with Gasteiger partial charge in [0, 0.05) is 24.1 Å². The summed E-state index contributed by atoms with van der Waals surface area (Å²) in [5, 5.41) is 21.9. The summed E-state index contributed by atoms with van der Waals surface area (Å²) in [6, 6.07) is 4.96. The predicted octanol–water partition coefficient (Wildman–Crippen LogP) is 1.35. The summed E-state index contributed by atoms with van der Waals surface area (Å²) in [5.74, 6) is 0.772. The summed E-state index contributed by atoms with van der Waals surface area (Å²) in [5.41, 5.74) is 0.485. The Balaban J connectivity index is 2.06. The van der Waals surface area contributed by atoms with E-state index >= 15 is 0 Å². The molecule has 1 aliphatic rings. The van der Waals surface area contributed by atoms with E-state index in [-0.39, 0.29) is 24.5 Å². The molecule has 1 saturated carbocycles. The number of aliphatic hydroxyl groups is 2. The molecule has 128 valence electrons. The maximum atomic E-state index is 12.4. The van der Waals surface area contributed by atoms with Crippen molar-refractivity contribution in [2.24, 2.45) is 5.92 Å². The fourth-order valence-electron chi connectivity index (χ4n) is 2.88. The van der Waals surface area contributed by atoms with Crippen LogP contribution in [0.3, 0.4) is 0 Å². The van der Waals surface area contributed by atoms with Gasteiger partial charge in [0.25, 0.3) is 5.91 Å². The molecule has 0 aromatic heterocycles. The van der Waals surface area contributed by atoms with Crippen LogP contribution in [0.15, 0.2) is 18.2 Å². The van der Waals surface area contributed by atoms with Crippen molar-refractivity contribution in [2.75, 3.05) is 19.8 Å². The molecule has 1 fully saturated rings. The van der Waals surface area contributed by atoms with Crippen LogP contribution in [-0.4, -0.2) is 48.1 Å². The van der Waals surface area contributed by atoms with E-state index in [0.717, 1.165) is 0 Å². The average Bonchev–Trinajstić information content (AvgIpc) is 2.89. The number of ether oxygens (including phenoxy) is 2. The molecule has 0 heterocycles. The minimum Gasteiger partial charge on any atom is -0.490 e. The number of aliphatic hydroxyl groups excluding tert-OH is 2. The standard InChI is InChI=1S/C17H25NO5/c1-3-22-15-6-5-11(8-16(15)23-4-2)17(21)18-13-7-12(10-19)14(20)9-13/h5-6,8,12-14,19-20H,3-4,7,9-10H2,1-2H3,(H,18,21)/t12-,13-,14-/m1/s1. The largest absolute Gasteiger partial charge is 0.490 e. The number of carbonyl (C=O) groups excluding carboxylic acids is 1. The van der Waals surface area contributed by atoms with Gasteiger partial charge < -0.3 is 25.0 Å². The van der Waals surface area contributed by atoms with Crippen LogP contribution in [-0.2, 0) is 0 Å². The molecule has 0 aliphatic heterocycles. The lowest BCUT2D eigenvalue weighted by Gasteiger charge is -2.15. The minimum atomic E-state index is -0.565. The van der Waals surface area contributed by atoms with Crippen LogP contribution in [0.1, 0.15) is 37.0 Å². The molecule has 6 heteroatoms. The summed E-state index contributed by atoms with van der Waals surface area (Å²) in [6.07, 6.45) is 0.482. The van der Waals surface area contributed by atoms with Crippen LogP contribution in [0.2, 0.25) is 0 Å².